The minimum absolute atomic E-state index is 0.0765. The maximum Gasteiger partial charge on any atom is 0.318 e. The molecule has 0 saturated carbocycles. The summed E-state index contributed by atoms with van der Waals surface area (Å²) in [6, 6.07) is -0.180. The second-order valence-corrected chi connectivity index (χ2v) is 7.13. The Hall–Kier alpha value is -1.89. The molecule has 126 valence electrons. The minimum Gasteiger partial charge on any atom is -0.337 e. The van der Waals surface area contributed by atoms with Gasteiger partial charge in [0.05, 0.1) is 23.3 Å². The van der Waals surface area contributed by atoms with Gasteiger partial charge in [0.25, 0.3) is 0 Å². The highest BCUT2D eigenvalue weighted by molar-refractivity contribution is 7.11. The van der Waals surface area contributed by atoms with E-state index in [1.54, 1.807) is 22.4 Å². The molecule has 2 heterocycles. The van der Waals surface area contributed by atoms with E-state index in [1.165, 1.54) is 0 Å². The van der Waals surface area contributed by atoms with Crippen molar-refractivity contribution in [2.75, 3.05) is 6.54 Å². The van der Waals surface area contributed by atoms with Gasteiger partial charge < -0.3 is 14.8 Å². The molecule has 0 radical (unpaired) electrons. The number of carbonyl (C=O) groups is 1. The Morgan fingerprint density at radius 2 is 2.22 bits per heavy atom. The summed E-state index contributed by atoms with van der Waals surface area (Å²) in [4.78, 5) is 24.4. The van der Waals surface area contributed by atoms with Crippen LogP contribution in [0.1, 0.15) is 47.7 Å². The van der Waals surface area contributed by atoms with Crippen molar-refractivity contribution in [1.82, 2.24) is 24.8 Å². The topological polar surface area (TPSA) is 63.1 Å². The molecule has 0 aliphatic rings. The van der Waals surface area contributed by atoms with Crippen LogP contribution in [-0.2, 0) is 13.6 Å². The number of imidazole rings is 1. The van der Waals surface area contributed by atoms with Crippen molar-refractivity contribution in [2.45, 2.75) is 46.7 Å². The molecule has 0 spiro atoms. The number of hydrogen-bond acceptors (Lipinski definition) is 4. The molecule has 2 aromatic rings. The number of hydrogen-bond donors (Lipinski definition) is 1. The second kappa shape index (κ2) is 7.59. The zero-order valence-electron chi connectivity index (χ0n) is 14.5. The summed E-state index contributed by atoms with van der Waals surface area (Å²) in [6.45, 7) is 9.27. The Labute approximate surface area is 141 Å². The normalized spacial score (nSPS) is 12.2. The number of aryl methyl sites for hydroxylation is 3. The van der Waals surface area contributed by atoms with Crippen molar-refractivity contribution in [3.05, 3.63) is 33.8 Å². The summed E-state index contributed by atoms with van der Waals surface area (Å²) < 4.78 is 1.94. The lowest BCUT2D eigenvalue weighted by Gasteiger charge is -2.24. The molecule has 0 unspecified atom stereocenters. The lowest BCUT2D eigenvalue weighted by molar-refractivity contribution is 0.189. The smallest absolute Gasteiger partial charge is 0.318 e. The third-order valence-electron chi connectivity index (χ3n) is 3.72. The molecule has 23 heavy (non-hydrogen) atoms. The molecule has 0 fully saturated rings. The third kappa shape index (κ3) is 4.31. The number of urea groups is 1. The number of thiazole rings is 1. The van der Waals surface area contributed by atoms with Crippen LogP contribution in [0, 0.1) is 13.8 Å². The van der Waals surface area contributed by atoms with Crippen LogP contribution < -0.4 is 5.32 Å². The van der Waals surface area contributed by atoms with Gasteiger partial charge in [-0.15, -0.1) is 11.3 Å². The Bertz CT molecular complexity index is 663. The fourth-order valence-corrected chi connectivity index (χ4v) is 3.45. The molecule has 6 nitrogen and oxygen atoms in total. The number of rotatable bonds is 6. The Morgan fingerprint density at radius 1 is 1.48 bits per heavy atom. The number of nitrogens with one attached hydrogen (secondary N) is 1. The van der Waals surface area contributed by atoms with E-state index < -0.39 is 0 Å². The summed E-state index contributed by atoms with van der Waals surface area (Å²) in [5.74, 6) is 0.877. The molecule has 2 rings (SSSR count). The van der Waals surface area contributed by atoms with E-state index in [9.17, 15) is 4.79 Å². The van der Waals surface area contributed by atoms with E-state index in [1.807, 2.05) is 38.6 Å². The fourth-order valence-electron chi connectivity index (χ4n) is 2.53. The number of carbonyl (C=O) groups excluding carboxylic acids is 1. The van der Waals surface area contributed by atoms with Gasteiger partial charge in [-0.25, -0.2) is 14.8 Å². The molecule has 0 aliphatic heterocycles. The van der Waals surface area contributed by atoms with Gasteiger partial charge >= 0.3 is 6.03 Å². The predicted octanol–water partition coefficient (Wildman–Crippen LogP) is 3.18. The Balaban J connectivity index is 2.05. The Morgan fingerprint density at radius 3 is 2.74 bits per heavy atom. The van der Waals surface area contributed by atoms with Crippen molar-refractivity contribution in [2.24, 2.45) is 7.05 Å². The monoisotopic (exact) mass is 335 g/mol. The van der Waals surface area contributed by atoms with Crippen molar-refractivity contribution in [1.29, 1.82) is 0 Å². The molecule has 1 atom stereocenters. The lowest BCUT2D eigenvalue weighted by atomic mass is 10.2. The highest BCUT2D eigenvalue weighted by Crippen LogP contribution is 2.22. The van der Waals surface area contributed by atoms with Crippen LogP contribution >= 0.6 is 11.3 Å². The van der Waals surface area contributed by atoms with Crippen LogP contribution in [-0.4, -0.2) is 32.0 Å². The van der Waals surface area contributed by atoms with E-state index in [0.717, 1.165) is 27.8 Å². The van der Waals surface area contributed by atoms with E-state index in [-0.39, 0.29) is 12.1 Å². The quantitative estimate of drug-likeness (QED) is 0.882. The maximum absolute atomic E-state index is 12.6. The number of amides is 2. The van der Waals surface area contributed by atoms with Crippen LogP contribution in [0.25, 0.3) is 0 Å². The Kier molecular flexibility index (Phi) is 5.76. The summed E-state index contributed by atoms with van der Waals surface area (Å²) in [6.07, 6.45) is 4.55. The fraction of sp³-hybridized carbons (Fsp3) is 0.562. The molecule has 0 aliphatic carbocycles. The van der Waals surface area contributed by atoms with Gasteiger partial charge in [-0.2, -0.15) is 0 Å². The number of aromatic nitrogens is 3. The molecule has 0 bridgehead atoms. The first kappa shape index (κ1) is 17.5. The molecule has 0 aromatic carbocycles. The van der Waals surface area contributed by atoms with Gasteiger partial charge in [-0.3, -0.25) is 0 Å². The molecular formula is C16H25N5OS. The van der Waals surface area contributed by atoms with Crippen molar-refractivity contribution in [3.63, 3.8) is 0 Å². The zero-order chi connectivity index (χ0) is 17.0. The SMILES string of the molecule is CCCN(Cc1nccn1C)C(=O)N[C@H](C)c1nc(C)sc1C. The van der Waals surface area contributed by atoms with Gasteiger partial charge in [0.15, 0.2) is 0 Å². The van der Waals surface area contributed by atoms with Gasteiger partial charge in [-0.1, -0.05) is 6.92 Å². The average molecular weight is 335 g/mol. The minimum atomic E-state index is -0.104. The summed E-state index contributed by atoms with van der Waals surface area (Å²) >= 11 is 1.66. The predicted molar refractivity (Wildman–Crippen MR) is 92.4 cm³/mol. The van der Waals surface area contributed by atoms with Gasteiger partial charge in [0.2, 0.25) is 0 Å². The van der Waals surface area contributed by atoms with Gasteiger partial charge in [0, 0.05) is 30.9 Å². The van der Waals surface area contributed by atoms with Crippen molar-refractivity contribution in [3.8, 4) is 0 Å². The highest BCUT2D eigenvalue weighted by Gasteiger charge is 2.20. The maximum atomic E-state index is 12.6. The third-order valence-corrected chi connectivity index (χ3v) is 4.63. The van der Waals surface area contributed by atoms with E-state index >= 15 is 0 Å². The van der Waals surface area contributed by atoms with Crippen molar-refractivity contribution < 1.29 is 4.79 Å². The second-order valence-electron chi connectivity index (χ2n) is 5.72. The van der Waals surface area contributed by atoms with Crippen LogP contribution in [0.2, 0.25) is 0 Å². The number of nitrogens with zero attached hydrogens (tertiary/aromatic N) is 4. The molecule has 7 heteroatoms. The first-order valence-electron chi connectivity index (χ1n) is 7.88. The average Bonchev–Trinajstić information content (AvgIpc) is 3.04. The first-order chi connectivity index (χ1) is 10.9. The van der Waals surface area contributed by atoms with Crippen LogP contribution in [0.4, 0.5) is 4.79 Å². The van der Waals surface area contributed by atoms with Crippen molar-refractivity contribution >= 4 is 17.4 Å². The summed E-state index contributed by atoms with van der Waals surface area (Å²) in [5, 5.41) is 4.09. The van der Waals surface area contributed by atoms with E-state index in [0.29, 0.717) is 13.1 Å². The molecule has 2 aromatic heterocycles. The van der Waals surface area contributed by atoms with Crippen LogP contribution in [0.5, 0.6) is 0 Å². The van der Waals surface area contributed by atoms with Crippen LogP contribution in [0.3, 0.4) is 0 Å². The molecule has 0 saturated heterocycles. The zero-order valence-corrected chi connectivity index (χ0v) is 15.3. The summed E-state index contributed by atoms with van der Waals surface area (Å²) in [7, 11) is 1.94. The highest BCUT2D eigenvalue weighted by atomic mass is 32.1. The van der Waals surface area contributed by atoms with Gasteiger partial charge in [0.1, 0.15) is 5.82 Å². The van der Waals surface area contributed by atoms with E-state index in [4.69, 9.17) is 0 Å². The van der Waals surface area contributed by atoms with Gasteiger partial charge in [-0.05, 0) is 27.2 Å². The largest absolute Gasteiger partial charge is 0.337 e. The molecule has 2 amide bonds. The molecule has 1 N–H and O–H groups in total. The lowest BCUT2D eigenvalue weighted by Crippen LogP contribution is -2.41. The standard InChI is InChI=1S/C16H25N5OS/c1-6-8-21(10-14-17-7-9-20(14)5)16(22)18-11(2)15-12(3)23-13(4)19-15/h7,9,11H,6,8,10H2,1-5H3,(H,18,22)/t11-/m1/s1. The first-order valence-corrected chi connectivity index (χ1v) is 8.69. The molecular weight excluding hydrogens is 310 g/mol. The van der Waals surface area contributed by atoms with E-state index in [2.05, 4.69) is 22.2 Å². The summed E-state index contributed by atoms with van der Waals surface area (Å²) in [5.41, 5.74) is 0.953. The van der Waals surface area contributed by atoms with Crippen LogP contribution in [0.15, 0.2) is 12.4 Å².